The highest BCUT2D eigenvalue weighted by atomic mass is 15.8. The maximum absolute atomic E-state index is 4.92. The summed E-state index contributed by atoms with van der Waals surface area (Å²) in [7, 11) is 0. The van der Waals surface area contributed by atoms with Crippen LogP contribution in [-0.4, -0.2) is 52.0 Å². The number of aromatic nitrogens is 2. The molecule has 3 atom stereocenters. The van der Waals surface area contributed by atoms with Crippen molar-refractivity contribution >= 4 is 12.7 Å². The number of rotatable bonds is 3. The first-order valence-electron chi connectivity index (χ1n) is 9.27. The molecule has 0 bridgehead atoms. The Morgan fingerprint density at radius 3 is 3.00 bits per heavy atom. The Morgan fingerprint density at radius 2 is 2.24 bits per heavy atom. The minimum absolute atomic E-state index is 0.433. The van der Waals surface area contributed by atoms with Crippen molar-refractivity contribution in [3.63, 3.8) is 0 Å². The van der Waals surface area contributed by atoms with Crippen LogP contribution in [0.5, 0.6) is 0 Å². The summed E-state index contributed by atoms with van der Waals surface area (Å²) in [5, 5.41) is 14.5. The van der Waals surface area contributed by atoms with E-state index in [-0.39, 0.29) is 0 Å². The minimum atomic E-state index is -0.600. The largest absolute Gasteiger partial charge is 0.351 e. The van der Waals surface area contributed by atoms with Crippen molar-refractivity contribution in [1.82, 2.24) is 20.6 Å². The van der Waals surface area contributed by atoms with E-state index in [9.17, 15) is 0 Å². The van der Waals surface area contributed by atoms with Gasteiger partial charge < -0.3 is 5.32 Å². The van der Waals surface area contributed by atoms with Gasteiger partial charge in [-0.05, 0) is 25.8 Å². The van der Waals surface area contributed by atoms with E-state index in [2.05, 4.69) is 39.2 Å². The molecule has 132 valence electrons. The Kier molecular flexibility index (Phi) is 3.18. The van der Waals surface area contributed by atoms with Crippen LogP contribution in [0.15, 0.2) is 40.5 Å². The Balaban J connectivity index is 1.67. The van der Waals surface area contributed by atoms with Crippen LogP contribution in [-0.2, 0) is 0 Å². The molecule has 1 aromatic rings. The molecule has 5 rings (SSSR count). The fraction of sp³-hybridized carbons (Fsp3) is 0.588. The van der Waals surface area contributed by atoms with Gasteiger partial charge in [-0.25, -0.2) is 9.91 Å². The predicted octanol–water partition coefficient (Wildman–Crippen LogP) is 0.903. The van der Waals surface area contributed by atoms with E-state index in [4.69, 9.17) is 4.99 Å². The van der Waals surface area contributed by atoms with Crippen LogP contribution in [0.3, 0.4) is 0 Å². The van der Waals surface area contributed by atoms with Crippen LogP contribution in [0.1, 0.15) is 32.6 Å². The SMILES string of the molecule is CC[N@@+]12C=NNC13N=CNC=C3N(n1cccn1)CC2C1CCCC1. The molecule has 8 nitrogen and oxygen atoms in total. The second-order valence-corrected chi connectivity index (χ2v) is 7.35. The predicted molar refractivity (Wildman–Crippen MR) is 95.9 cm³/mol. The van der Waals surface area contributed by atoms with E-state index in [1.165, 1.54) is 25.7 Å². The molecule has 4 aliphatic rings. The van der Waals surface area contributed by atoms with Crippen molar-refractivity contribution in [2.75, 3.05) is 18.1 Å². The summed E-state index contributed by atoms with van der Waals surface area (Å²) in [4.78, 5) is 6.85. The fourth-order valence-corrected chi connectivity index (χ4v) is 5.23. The molecule has 0 amide bonds. The number of piperazine rings is 1. The third kappa shape index (κ3) is 1.83. The molecular formula is C17H25N8+. The van der Waals surface area contributed by atoms with Gasteiger partial charge in [-0.1, -0.05) is 12.8 Å². The normalized spacial score (nSPS) is 36.6. The topological polar surface area (TPSA) is 69.8 Å². The summed E-state index contributed by atoms with van der Waals surface area (Å²) in [5.74, 6) is 0.0881. The fourth-order valence-electron chi connectivity index (χ4n) is 5.23. The Hall–Kier alpha value is -2.35. The molecule has 25 heavy (non-hydrogen) atoms. The Morgan fingerprint density at radius 1 is 1.36 bits per heavy atom. The van der Waals surface area contributed by atoms with Gasteiger partial charge in [0, 0.05) is 18.3 Å². The van der Waals surface area contributed by atoms with Crippen LogP contribution in [0.2, 0.25) is 0 Å². The van der Waals surface area contributed by atoms with Gasteiger partial charge >= 0.3 is 5.79 Å². The maximum Gasteiger partial charge on any atom is 0.339 e. The molecule has 2 fully saturated rings. The molecule has 0 radical (unpaired) electrons. The third-order valence-corrected chi connectivity index (χ3v) is 6.42. The van der Waals surface area contributed by atoms with E-state index < -0.39 is 5.79 Å². The summed E-state index contributed by atoms with van der Waals surface area (Å²) in [5.41, 5.74) is 4.43. The molecule has 2 unspecified atom stereocenters. The monoisotopic (exact) mass is 341 g/mol. The lowest BCUT2D eigenvalue weighted by Gasteiger charge is -2.56. The van der Waals surface area contributed by atoms with E-state index in [1.54, 1.807) is 6.34 Å². The van der Waals surface area contributed by atoms with Gasteiger partial charge in [0.15, 0.2) is 5.70 Å². The number of nitrogens with one attached hydrogen (secondary N) is 2. The average Bonchev–Trinajstić information content (AvgIpc) is 3.39. The molecule has 1 aromatic heterocycles. The Bertz CT molecular complexity index is 732. The number of hydrazone groups is 1. The molecular weight excluding hydrogens is 316 g/mol. The summed E-state index contributed by atoms with van der Waals surface area (Å²) in [6.07, 6.45) is 15.0. The Labute approximate surface area is 147 Å². The van der Waals surface area contributed by atoms with Crippen molar-refractivity contribution in [2.24, 2.45) is 16.0 Å². The zero-order chi connectivity index (χ0) is 16.9. The van der Waals surface area contributed by atoms with Crippen LogP contribution in [0.4, 0.5) is 0 Å². The van der Waals surface area contributed by atoms with Crippen molar-refractivity contribution in [2.45, 2.75) is 44.4 Å². The van der Waals surface area contributed by atoms with E-state index in [0.29, 0.717) is 12.0 Å². The van der Waals surface area contributed by atoms with E-state index in [1.807, 2.05) is 29.5 Å². The number of likely N-dealkylation sites (N-methyl/N-ethyl adjacent to an activating group) is 1. The summed E-state index contributed by atoms with van der Waals surface area (Å²) < 4.78 is 0.749. The summed E-state index contributed by atoms with van der Waals surface area (Å²) in [6.45, 7) is 4.12. The second-order valence-electron chi connectivity index (χ2n) is 7.35. The summed E-state index contributed by atoms with van der Waals surface area (Å²) in [6, 6.07) is 2.40. The quantitative estimate of drug-likeness (QED) is 0.802. The molecule has 1 saturated carbocycles. The molecule has 1 saturated heterocycles. The number of quaternary nitrogens is 1. The van der Waals surface area contributed by atoms with E-state index >= 15 is 0 Å². The standard InChI is InChI=1S/C17H25N8/c1-2-25-13-20-22-17(25)16(10-18-12-19-17)23(24-9-5-8-21-24)11-15(25)14-6-3-4-7-14/h5,8-10,12-15,22H,2-4,6-7,11H2,1H3,(H,18,19)/q+1/t15?,17?,25-/m0/s1. The van der Waals surface area contributed by atoms with Gasteiger partial charge in [-0.3, -0.25) is 5.01 Å². The lowest BCUT2D eigenvalue weighted by atomic mass is 9.89. The molecule has 3 aliphatic heterocycles. The molecule has 4 heterocycles. The zero-order valence-electron chi connectivity index (χ0n) is 14.5. The van der Waals surface area contributed by atoms with Crippen LogP contribution < -0.4 is 15.8 Å². The molecule has 1 aliphatic carbocycles. The van der Waals surface area contributed by atoms with Gasteiger partial charge in [-0.2, -0.15) is 14.9 Å². The first-order chi connectivity index (χ1) is 12.3. The second kappa shape index (κ2) is 5.32. The van der Waals surface area contributed by atoms with Crippen molar-refractivity contribution in [3.05, 3.63) is 30.4 Å². The molecule has 2 N–H and O–H groups in total. The lowest BCUT2D eigenvalue weighted by Crippen LogP contribution is -2.79. The van der Waals surface area contributed by atoms with Crippen LogP contribution in [0, 0.1) is 5.92 Å². The third-order valence-electron chi connectivity index (χ3n) is 6.42. The van der Waals surface area contributed by atoms with Crippen molar-refractivity contribution < 1.29 is 4.48 Å². The lowest BCUT2D eigenvalue weighted by molar-refractivity contribution is -0.909. The number of nitrogens with zero attached hydrogens (tertiary/aromatic N) is 6. The van der Waals surface area contributed by atoms with Crippen molar-refractivity contribution in [3.8, 4) is 0 Å². The average molecular weight is 341 g/mol. The number of hydrogen-bond acceptors (Lipinski definition) is 6. The highest BCUT2D eigenvalue weighted by Crippen LogP contribution is 2.46. The highest BCUT2D eigenvalue weighted by molar-refractivity contribution is 5.63. The summed E-state index contributed by atoms with van der Waals surface area (Å²) >= 11 is 0. The highest BCUT2D eigenvalue weighted by Gasteiger charge is 2.67. The van der Waals surface area contributed by atoms with Crippen LogP contribution in [0.25, 0.3) is 0 Å². The van der Waals surface area contributed by atoms with Crippen LogP contribution >= 0.6 is 0 Å². The maximum atomic E-state index is 4.92. The van der Waals surface area contributed by atoms with Gasteiger partial charge in [0.1, 0.15) is 6.04 Å². The molecule has 8 heteroatoms. The van der Waals surface area contributed by atoms with Gasteiger partial charge in [0.25, 0.3) is 0 Å². The first kappa shape index (κ1) is 14.9. The number of aliphatic imine (C=N–C) groups is 1. The smallest absolute Gasteiger partial charge is 0.339 e. The van der Waals surface area contributed by atoms with E-state index in [0.717, 1.165) is 23.3 Å². The molecule has 0 aromatic carbocycles. The minimum Gasteiger partial charge on any atom is -0.351 e. The van der Waals surface area contributed by atoms with Gasteiger partial charge in [0.05, 0.1) is 25.6 Å². The first-order valence-corrected chi connectivity index (χ1v) is 9.27. The zero-order valence-corrected chi connectivity index (χ0v) is 14.5. The molecule has 1 spiro atoms. The van der Waals surface area contributed by atoms with Gasteiger partial charge in [-0.15, -0.1) is 5.10 Å². The van der Waals surface area contributed by atoms with Crippen molar-refractivity contribution in [1.29, 1.82) is 0 Å². The number of hydrogen-bond donors (Lipinski definition) is 2. The van der Waals surface area contributed by atoms with Gasteiger partial charge in [0.2, 0.25) is 6.34 Å².